The van der Waals surface area contributed by atoms with E-state index in [9.17, 15) is 4.79 Å². The molecule has 0 atom stereocenters. The van der Waals surface area contributed by atoms with Gasteiger partial charge in [0.15, 0.2) is 0 Å². The number of hydrogen-bond donors (Lipinski definition) is 0. The van der Waals surface area contributed by atoms with E-state index < -0.39 is 0 Å². The standard InChI is InChI=1S/C7H13BN2O2/c1-3-12-7(11)8-10-5-4-9(2)6-10/h4-5,8H,3,6H2,1-2H3. The van der Waals surface area contributed by atoms with E-state index in [1.807, 2.05) is 36.1 Å². The molecule has 0 radical (unpaired) electrons. The zero-order valence-corrected chi connectivity index (χ0v) is 7.49. The summed E-state index contributed by atoms with van der Waals surface area (Å²) in [5.41, 5.74) is 0. The molecule has 0 spiro atoms. The summed E-state index contributed by atoms with van der Waals surface area (Å²) in [7, 11) is 2.30. The first kappa shape index (κ1) is 8.97. The van der Waals surface area contributed by atoms with Gasteiger partial charge in [-0.3, -0.25) is 4.79 Å². The normalized spacial score (nSPS) is 15.2. The summed E-state index contributed by atoms with van der Waals surface area (Å²) >= 11 is 0. The summed E-state index contributed by atoms with van der Waals surface area (Å²) in [4.78, 5) is 14.9. The van der Waals surface area contributed by atoms with Crippen molar-refractivity contribution in [1.29, 1.82) is 0 Å². The number of carbonyl (C=O) groups excluding carboxylic acids is 1. The molecular weight excluding hydrogens is 155 g/mol. The zero-order valence-electron chi connectivity index (χ0n) is 7.49. The van der Waals surface area contributed by atoms with Gasteiger partial charge in [0.2, 0.25) is 0 Å². The summed E-state index contributed by atoms with van der Waals surface area (Å²) in [5, 5.41) is 0. The minimum absolute atomic E-state index is 0.169. The van der Waals surface area contributed by atoms with E-state index >= 15 is 0 Å². The predicted molar refractivity (Wildman–Crippen MR) is 47.8 cm³/mol. The van der Waals surface area contributed by atoms with Gasteiger partial charge < -0.3 is 14.4 Å². The van der Waals surface area contributed by atoms with Crippen LogP contribution in [0.4, 0.5) is 4.79 Å². The lowest BCUT2D eigenvalue weighted by molar-refractivity contribution is 0.177. The first-order valence-electron chi connectivity index (χ1n) is 4.00. The third-order valence-corrected chi connectivity index (χ3v) is 1.57. The van der Waals surface area contributed by atoms with Crippen molar-refractivity contribution in [2.75, 3.05) is 20.3 Å². The second-order valence-corrected chi connectivity index (χ2v) is 2.75. The fourth-order valence-corrected chi connectivity index (χ4v) is 1.06. The summed E-state index contributed by atoms with van der Waals surface area (Å²) in [6, 6.07) is 0. The Morgan fingerprint density at radius 1 is 1.67 bits per heavy atom. The van der Waals surface area contributed by atoms with Crippen molar-refractivity contribution in [1.82, 2.24) is 9.71 Å². The quantitative estimate of drug-likeness (QED) is 0.562. The van der Waals surface area contributed by atoms with Gasteiger partial charge in [0.1, 0.15) is 0 Å². The lowest BCUT2D eigenvalue weighted by atomic mass is 9.93. The van der Waals surface area contributed by atoms with Crippen LogP contribution in [0, 0.1) is 0 Å². The topological polar surface area (TPSA) is 32.8 Å². The average Bonchev–Trinajstić information content (AvgIpc) is 2.36. The summed E-state index contributed by atoms with van der Waals surface area (Å²) < 4.78 is 4.81. The van der Waals surface area contributed by atoms with Crippen LogP contribution in [-0.4, -0.2) is 43.3 Å². The van der Waals surface area contributed by atoms with Gasteiger partial charge in [-0.25, -0.2) is 0 Å². The fraction of sp³-hybridized carbons (Fsp3) is 0.571. The predicted octanol–water partition coefficient (Wildman–Crippen LogP) is 0.171. The zero-order chi connectivity index (χ0) is 8.97. The molecule has 0 fully saturated rings. The van der Waals surface area contributed by atoms with Gasteiger partial charge in [-0.05, 0) is 6.92 Å². The Bertz CT molecular complexity index is 196. The molecule has 0 aliphatic carbocycles. The van der Waals surface area contributed by atoms with Gasteiger partial charge in [0.25, 0.3) is 5.87 Å². The Morgan fingerprint density at radius 2 is 2.42 bits per heavy atom. The Labute approximate surface area is 73.0 Å². The van der Waals surface area contributed by atoms with E-state index in [1.165, 1.54) is 0 Å². The van der Waals surface area contributed by atoms with E-state index in [1.54, 1.807) is 0 Å². The van der Waals surface area contributed by atoms with Gasteiger partial charge >= 0.3 is 7.41 Å². The summed E-state index contributed by atoms with van der Waals surface area (Å²) in [6.07, 6.45) is 3.82. The maximum atomic E-state index is 11.0. The van der Waals surface area contributed by atoms with Crippen LogP contribution < -0.4 is 0 Å². The molecule has 0 bridgehead atoms. The largest absolute Gasteiger partial charge is 0.472 e. The van der Waals surface area contributed by atoms with Crippen molar-refractivity contribution < 1.29 is 9.53 Å². The van der Waals surface area contributed by atoms with Crippen LogP contribution in [0.5, 0.6) is 0 Å². The number of ether oxygens (including phenoxy) is 1. The van der Waals surface area contributed by atoms with Crippen LogP contribution in [0.1, 0.15) is 6.92 Å². The molecular formula is C7H13BN2O2. The van der Waals surface area contributed by atoms with Crippen molar-refractivity contribution >= 4 is 13.3 Å². The Hall–Kier alpha value is -1.13. The first-order chi connectivity index (χ1) is 5.72. The lowest BCUT2D eigenvalue weighted by Crippen LogP contribution is -2.31. The average molecular weight is 168 g/mol. The number of rotatable bonds is 3. The Balaban J connectivity index is 2.24. The molecule has 0 N–H and O–H groups in total. The van der Waals surface area contributed by atoms with Gasteiger partial charge in [-0.2, -0.15) is 0 Å². The van der Waals surface area contributed by atoms with E-state index in [-0.39, 0.29) is 5.87 Å². The maximum Gasteiger partial charge on any atom is 0.371 e. The highest BCUT2D eigenvalue weighted by Crippen LogP contribution is 2.01. The molecule has 1 aliphatic rings. The van der Waals surface area contributed by atoms with Crippen molar-refractivity contribution in [3.63, 3.8) is 0 Å². The van der Waals surface area contributed by atoms with Crippen molar-refractivity contribution in [2.45, 2.75) is 6.92 Å². The van der Waals surface area contributed by atoms with Crippen LogP contribution in [0.2, 0.25) is 0 Å². The third kappa shape index (κ3) is 2.49. The molecule has 0 aromatic rings. The highest BCUT2D eigenvalue weighted by atomic mass is 16.5. The number of carbonyl (C=O) groups is 1. The molecule has 0 aromatic heterocycles. The van der Waals surface area contributed by atoms with Gasteiger partial charge in [0.05, 0.1) is 13.3 Å². The lowest BCUT2D eigenvalue weighted by Gasteiger charge is -2.15. The highest BCUT2D eigenvalue weighted by Gasteiger charge is 2.15. The van der Waals surface area contributed by atoms with Crippen LogP contribution in [0.25, 0.3) is 0 Å². The SMILES string of the molecule is CCOC(=O)BN1C=CN(C)C1. The van der Waals surface area contributed by atoms with Crippen LogP contribution in [0.3, 0.4) is 0 Å². The van der Waals surface area contributed by atoms with Crippen LogP contribution in [0.15, 0.2) is 12.4 Å². The monoisotopic (exact) mass is 168 g/mol. The molecule has 0 saturated heterocycles. The molecule has 5 heteroatoms. The van der Waals surface area contributed by atoms with Crippen LogP contribution >= 0.6 is 0 Å². The second kappa shape index (κ2) is 4.04. The highest BCUT2D eigenvalue weighted by molar-refractivity contribution is 6.69. The number of nitrogens with zero attached hydrogens (tertiary/aromatic N) is 2. The second-order valence-electron chi connectivity index (χ2n) is 2.75. The van der Waals surface area contributed by atoms with Crippen LogP contribution in [-0.2, 0) is 4.74 Å². The molecule has 0 amide bonds. The molecule has 12 heavy (non-hydrogen) atoms. The maximum absolute atomic E-state index is 11.0. The molecule has 0 saturated carbocycles. The Morgan fingerprint density at radius 3 is 2.92 bits per heavy atom. The van der Waals surface area contributed by atoms with E-state index in [0.29, 0.717) is 14.0 Å². The van der Waals surface area contributed by atoms with Gasteiger partial charge in [0, 0.05) is 19.4 Å². The Kier molecular flexibility index (Phi) is 3.02. The number of hydrogen-bond acceptors (Lipinski definition) is 4. The first-order valence-corrected chi connectivity index (χ1v) is 4.00. The fourth-order valence-electron chi connectivity index (χ4n) is 1.06. The summed E-state index contributed by atoms with van der Waals surface area (Å²) in [6.45, 7) is 3.02. The molecule has 1 aliphatic heterocycles. The van der Waals surface area contributed by atoms with Gasteiger partial charge in [-0.15, -0.1) is 0 Å². The molecule has 0 aromatic carbocycles. The van der Waals surface area contributed by atoms with Gasteiger partial charge in [-0.1, -0.05) is 0 Å². The molecule has 1 heterocycles. The summed E-state index contributed by atoms with van der Waals surface area (Å²) in [5.74, 6) is -0.169. The van der Waals surface area contributed by atoms with E-state index in [4.69, 9.17) is 4.74 Å². The minimum atomic E-state index is -0.169. The smallest absolute Gasteiger partial charge is 0.371 e. The third-order valence-electron chi connectivity index (χ3n) is 1.57. The van der Waals surface area contributed by atoms with Crippen molar-refractivity contribution in [3.05, 3.63) is 12.4 Å². The molecule has 66 valence electrons. The van der Waals surface area contributed by atoms with E-state index in [0.717, 1.165) is 6.67 Å². The molecule has 1 rings (SSSR count). The van der Waals surface area contributed by atoms with E-state index in [2.05, 4.69) is 0 Å². The molecule has 0 unspecified atom stereocenters. The minimum Gasteiger partial charge on any atom is -0.472 e. The molecule has 4 nitrogen and oxygen atoms in total. The van der Waals surface area contributed by atoms with Crippen molar-refractivity contribution in [2.24, 2.45) is 0 Å². The van der Waals surface area contributed by atoms with Crippen molar-refractivity contribution in [3.8, 4) is 0 Å².